The van der Waals surface area contributed by atoms with E-state index in [9.17, 15) is 10.1 Å². The van der Waals surface area contributed by atoms with Gasteiger partial charge in [-0.2, -0.15) is 0 Å². The van der Waals surface area contributed by atoms with Crippen molar-refractivity contribution in [1.82, 2.24) is 4.98 Å². The molecule has 24 heavy (non-hydrogen) atoms. The molecule has 116 valence electrons. The summed E-state index contributed by atoms with van der Waals surface area (Å²) in [4.78, 5) is 13.7. The number of rotatable bonds is 3. The largest absolute Gasteiger partial charge is 0.354 e. The minimum Gasteiger partial charge on any atom is -0.354 e. The summed E-state index contributed by atoms with van der Waals surface area (Å²) in [6.45, 7) is 0. The molecular formula is C20H14N2O2. The highest BCUT2D eigenvalue weighted by molar-refractivity contribution is 5.98. The Morgan fingerprint density at radius 3 is 2.50 bits per heavy atom. The van der Waals surface area contributed by atoms with Crippen molar-refractivity contribution in [2.45, 2.75) is 0 Å². The van der Waals surface area contributed by atoms with Crippen molar-refractivity contribution in [1.29, 1.82) is 0 Å². The third-order valence-corrected chi connectivity index (χ3v) is 4.15. The van der Waals surface area contributed by atoms with Crippen LogP contribution in [0.5, 0.6) is 0 Å². The highest BCUT2D eigenvalue weighted by Crippen LogP contribution is 2.33. The van der Waals surface area contributed by atoms with Crippen LogP contribution in [-0.2, 0) is 0 Å². The van der Waals surface area contributed by atoms with E-state index in [1.807, 2.05) is 42.5 Å². The van der Waals surface area contributed by atoms with Crippen LogP contribution in [0.25, 0.3) is 39.0 Å². The maximum absolute atomic E-state index is 10.8. The van der Waals surface area contributed by atoms with Gasteiger partial charge in [-0.25, -0.2) is 0 Å². The fourth-order valence-electron chi connectivity index (χ4n) is 3.04. The standard InChI is InChI=1S/C20H14N2O2/c23-22(24)12-11-18-17-7-3-4-8-19(17)21-20(18)16-10-9-14-5-1-2-6-15(14)13-16/h1-13,21H/b12-11-. The van der Waals surface area contributed by atoms with Gasteiger partial charge in [0.25, 0.3) is 0 Å². The average Bonchev–Trinajstić information content (AvgIpc) is 2.98. The Balaban J connectivity index is 1.97. The summed E-state index contributed by atoms with van der Waals surface area (Å²) in [5, 5.41) is 14.0. The fraction of sp³-hybridized carbons (Fsp3) is 0. The number of nitrogens with zero attached hydrogens (tertiary/aromatic N) is 1. The summed E-state index contributed by atoms with van der Waals surface area (Å²) in [6.07, 6.45) is 2.55. The van der Waals surface area contributed by atoms with E-state index in [-0.39, 0.29) is 0 Å². The molecule has 1 heterocycles. The molecule has 4 rings (SSSR count). The monoisotopic (exact) mass is 314 g/mol. The number of hydrogen-bond donors (Lipinski definition) is 1. The maximum atomic E-state index is 10.8. The van der Waals surface area contributed by atoms with Gasteiger partial charge < -0.3 is 4.98 Å². The summed E-state index contributed by atoms with van der Waals surface area (Å²) >= 11 is 0. The lowest BCUT2D eigenvalue weighted by Gasteiger charge is -2.04. The molecule has 0 radical (unpaired) electrons. The molecule has 0 spiro atoms. The molecule has 0 saturated heterocycles. The first-order valence-electron chi connectivity index (χ1n) is 7.64. The van der Waals surface area contributed by atoms with Crippen LogP contribution in [-0.4, -0.2) is 9.91 Å². The number of hydrogen-bond acceptors (Lipinski definition) is 2. The molecule has 0 aliphatic heterocycles. The third-order valence-electron chi connectivity index (χ3n) is 4.15. The molecule has 0 aliphatic rings. The van der Waals surface area contributed by atoms with Crippen molar-refractivity contribution in [3.63, 3.8) is 0 Å². The van der Waals surface area contributed by atoms with Crippen molar-refractivity contribution in [3.05, 3.63) is 88.6 Å². The Morgan fingerprint density at radius 2 is 1.67 bits per heavy atom. The van der Waals surface area contributed by atoms with Crippen LogP contribution < -0.4 is 0 Å². The summed E-state index contributed by atoms with van der Waals surface area (Å²) in [6, 6.07) is 22.2. The van der Waals surface area contributed by atoms with Gasteiger partial charge in [-0.3, -0.25) is 10.1 Å². The van der Waals surface area contributed by atoms with Gasteiger partial charge in [-0.1, -0.05) is 54.6 Å². The second-order valence-electron chi connectivity index (χ2n) is 5.62. The van der Waals surface area contributed by atoms with Crippen LogP contribution in [0.3, 0.4) is 0 Å². The number of H-pyrrole nitrogens is 1. The molecule has 4 nitrogen and oxygen atoms in total. The Kier molecular flexibility index (Phi) is 3.35. The lowest BCUT2D eigenvalue weighted by molar-refractivity contribution is -0.400. The number of benzene rings is 3. The lowest BCUT2D eigenvalue weighted by atomic mass is 10.0. The average molecular weight is 314 g/mol. The van der Waals surface area contributed by atoms with Crippen molar-refractivity contribution < 1.29 is 4.92 Å². The minimum atomic E-state index is -0.439. The molecule has 4 aromatic rings. The van der Waals surface area contributed by atoms with E-state index in [0.29, 0.717) is 0 Å². The van der Waals surface area contributed by atoms with E-state index < -0.39 is 4.92 Å². The number of para-hydroxylation sites is 1. The van der Waals surface area contributed by atoms with Crippen LogP contribution in [0.2, 0.25) is 0 Å². The third kappa shape index (κ3) is 2.44. The van der Waals surface area contributed by atoms with Gasteiger partial charge in [0.05, 0.1) is 10.6 Å². The van der Waals surface area contributed by atoms with Gasteiger partial charge in [0, 0.05) is 22.5 Å². The first-order valence-corrected chi connectivity index (χ1v) is 7.64. The smallest absolute Gasteiger partial charge is 0.235 e. The molecule has 3 aromatic carbocycles. The molecule has 0 aliphatic carbocycles. The maximum Gasteiger partial charge on any atom is 0.235 e. The zero-order valence-corrected chi connectivity index (χ0v) is 12.8. The van der Waals surface area contributed by atoms with Crippen LogP contribution in [0.15, 0.2) is 72.9 Å². The molecule has 0 amide bonds. The zero-order chi connectivity index (χ0) is 16.5. The van der Waals surface area contributed by atoms with E-state index in [1.54, 1.807) is 6.08 Å². The van der Waals surface area contributed by atoms with Gasteiger partial charge in [0.15, 0.2) is 0 Å². The Morgan fingerprint density at radius 1 is 0.917 bits per heavy atom. The summed E-state index contributed by atoms with van der Waals surface area (Å²) < 4.78 is 0. The number of fused-ring (bicyclic) bond motifs is 2. The Labute approximate surface area is 138 Å². The molecule has 0 saturated carbocycles. The van der Waals surface area contributed by atoms with Gasteiger partial charge in [0.1, 0.15) is 0 Å². The van der Waals surface area contributed by atoms with Gasteiger partial charge >= 0.3 is 0 Å². The molecule has 0 atom stereocenters. The summed E-state index contributed by atoms with van der Waals surface area (Å²) in [5.41, 5.74) is 3.69. The van der Waals surface area contributed by atoms with Crippen molar-refractivity contribution in [3.8, 4) is 11.3 Å². The predicted octanol–water partition coefficient (Wildman–Crippen LogP) is 5.24. The normalized spacial score (nSPS) is 11.5. The van der Waals surface area contributed by atoms with E-state index in [4.69, 9.17) is 0 Å². The van der Waals surface area contributed by atoms with E-state index in [0.717, 1.165) is 39.3 Å². The predicted molar refractivity (Wildman–Crippen MR) is 97.3 cm³/mol. The second kappa shape index (κ2) is 5.66. The summed E-state index contributed by atoms with van der Waals surface area (Å²) in [7, 11) is 0. The summed E-state index contributed by atoms with van der Waals surface area (Å²) in [5.74, 6) is 0. The van der Waals surface area contributed by atoms with Crippen molar-refractivity contribution in [2.24, 2.45) is 0 Å². The van der Waals surface area contributed by atoms with Crippen molar-refractivity contribution >= 4 is 27.8 Å². The fourth-order valence-corrected chi connectivity index (χ4v) is 3.04. The molecule has 0 fully saturated rings. The highest BCUT2D eigenvalue weighted by Gasteiger charge is 2.12. The molecule has 0 bridgehead atoms. The second-order valence-corrected chi connectivity index (χ2v) is 5.62. The number of aromatic nitrogens is 1. The molecule has 0 unspecified atom stereocenters. The Bertz CT molecular complexity index is 1090. The van der Waals surface area contributed by atoms with E-state index in [1.165, 1.54) is 5.39 Å². The number of nitro groups is 1. The van der Waals surface area contributed by atoms with Crippen LogP contribution in [0.1, 0.15) is 5.56 Å². The SMILES string of the molecule is O=[N+]([O-])/C=C\c1c(-c2ccc3ccccc3c2)[nH]c2ccccc12. The zero-order valence-electron chi connectivity index (χ0n) is 12.8. The molecular weight excluding hydrogens is 300 g/mol. The van der Waals surface area contributed by atoms with E-state index >= 15 is 0 Å². The van der Waals surface area contributed by atoms with Gasteiger partial charge in [-0.05, 0) is 28.5 Å². The number of nitrogens with one attached hydrogen (secondary N) is 1. The minimum absolute atomic E-state index is 0.439. The first-order chi connectivity index (χ1) is 11.7. The van der Waals surface area contributed by atoms with Gasteiger partial charge in [0.2, 0.25) is 6.20 Å². The van der Waals surface area contributed by atoms with Crippen LogP contribution in [0, 0.1) is 10.1 Å². The van der Waals surface area contributed by atoms with E-state index in [2.05, 4.69) is 29.2 Å². The topological polar surface area (TPSA) is 58.9 Å². The molecule has 4 heteroatoms. The number of aromatic amines is 1. The molecule has 1 N–H and O–H groups in total. The first kappa shape index (κ1) is 14.2. The quantitative estimate of drug-likeness (QED) is 0.415. The molecule has 1 aromatic heterocycles. The van der Waals surface area contributed by atoms with Crippen LogP contribution in [0.4, 0.5) is 0 Å². The van der Waals surface area contributed by atoms with Crippen molar-refractivity contribution in [2.75, 3.05) is 0 Å². The lowest BCUT2D eigenvalue weighted by Crippen LogP contribution is -1.85. The van der Waals surface area contributed by atoms with Gasteiger partial charge in [-0.15, -0.1) is 0 Å². The highest BCUT2D eigenvalue weighted by atomic mass is 16.6. The Hall–Kier alpha value is -3.40. The van der Waals surface area contributed by atoms with Crippen LogP contribution >= 0.6 is 0 Å².